The van der Waals surface area contributed by atoms with Crippen molar-refractivity contribution in [2.45, 2.75) is 19.9 Å². The van der Waals surface area contributed by atoms with E-state index >= 15 is 0 Å². The second-order valence-corrected chi connectivity index (χ2v) is 9.15. The predicted octanol–water partition coefficient (Wildman–Crippen LogP) is 7.07. The van der Waals surface area contributed by atoms with Gasteiger partial charge < -0.3 is 0 Å². The molecule has 1 unspecified atom stereocenters. The Hall–Kier alpha value is -3.19. The fourth-order valence-corrected chi connectivity index (χ4v) is 4.58. The van der Waals surface area contributed by atoms with Gasteiger partial charge in [0.05, 0.1) is 22.4 Å². The van der Waals surface area contributed by atoms with Gasteiger partial charge in [-0.1, -0.05) is 77.3 Å². The Morgan fingerprint density at radius 2 is 1.56 bits per heavy atom. The molecule has 170 valence electrons. The maximum atomic E-state index is 6.59. The molecule has 0 aliphatic carbocycles. The van der Waals surface area contributed by atoms with Crippen molar-refractivity contribution >= 4 is 34.8 Å². The number of tetrazole rings is 1. The van der Waals surface area contributed by atoms with E-state index < -0.39 is 0 Å². The van der Waals surface area contributed by atoms with E-state index in [-0.39, 0.29) is 6.04 Å². The third kappa shape index (κ3) is 4.09. The Morgan fingerprint density at radius 3 is 2.26 bits per heavy atom. The fraction of sp³-hybridized carbons (Fsp3) is 0.120. The summed E-state index contributed by atoms with van der Waals surface area (Å²) in [4.78, 5) is 0. The normalized spacial score (nSPS) is 12.1. The van der Waals surface area contributed by atoms with Crippen LogP contribution in [0.4, 0.5) is 0 Å². The Labute approximate surface area is 211 Å². The monoisotopic (exact) mass is 508 g/mol. The van der Waals surface area contributed by atoms with E-state index in [0.29, 0.717) is 32.3 Å². The number of nitrogens with zero attached hydrogens (tertiary/aromatic N) is 6. The smallest absolute Gasteiger partial charge is 0.203 e. The second-order valence-electron chi connectivity index (χ2n) is 7.87. The van der Waals surface area contributed by atoms with E-state index in [2.05, 4.69) is 22.4 Å². The molecule has 34 heavy (non-hydrogen) atoms. The first-order valence-electron chi connectivity index (χ1n) is 10.6. The van der Waals surface area contributed by atoms with Gasteiger partial charge >= 0.3 is 0 Å². The Balaban J connectivity index is 1.72. The average Bonchev–Trinajstić information content (AvgIpc) is 3.44. The van der Waals surface area contributed by atoms with Gasteiger partial charge in [0, 0.05) is 21.2 Å². The molecule has 5 aromatic rings. The average molecular weight is 510 g/mol. The van der Waals surface area contributed by atoms with Crippen molar-refractivity contribution in [3.63, 3.8) is 0 Å². The standard InChI is InChI=1S/C25H19Cl3N6/c1-15-23(25-29-31-32-33(25)16(2)17-6-4-3-5-7-17)30-34(22-13-12-20(27)14-21(22)28)24(15)18-8-10-19(26)11-9-18/h3-14,16H,1-2H3. The third-order valence-corrected chi connectivity index (χ3v) is 6.52. The summed E-state index contributed by atoms with van der Waals surface area (Å²) in [5.74, 6) is 0.563. The van der Waals surface area contributed by atoms with Crippen molar-refractivity contribution in [1.29, 1.82) is 0 Å². The molecule has 0 amide bonds. The molecule has 0 saturated carbocycles. The molecule has 6 nitrogen and oxygen atoms in total. The highest BCUT2D eigenvalue weighted by Gasteiger charge is 2.25. The largest absolute Gasteiger partial charge is 0.231 e. The van der Waals surface area contributed by atoms with Crippen LogP contribution in [0.3, 0.4) is 0 Å². The SMILES string of the molecule is Cc1c(-c2nnnn2C(C)c2ccccc2)nn(-c2ccc(Cl)cc2Cl)c1-c1ccc(Cl)cc1. The first-order chi connectivity index (χ1) is 16.4. The molecule has 9 heteroatoms. The van der Waals surface area contributed by atoms with E-state index in [1.807, 2.05) is 67.6 Å². The molecule has 0 radical (unpaired) electrons. The first-order valence-corrected chi connectivity index (χ1v) is 11.7. The highest BCUT2D eigenvalue weighted by atomic mass is 35.5. The summed E-state index contributed by atoms with van der Waals surface area (Å²) in [5.41, 5.74) is 5.14. The van der Waals surface area contributed by atoms with Crippen LogP contribution in [0.2, 0.25) is 15.1 Å². The van der Waals surface area contributed by atoms with Crippen molar-refractivity contribution in [1.82, 2.24) is 30.0 Å². The highest BCUT2D eigenvalue weighted by Crippen LogP contribution is 2.36. The van der Waals surface area contributed by atoms with Crippen molar-refractivity contribution in [2.24, 2.45) is 0 Å². The fourth-order valence-electron chi connectivity index (χ4n) is 3.97. The quantitative estimate of drug-likeness (QED) is 0.254. The van der Waals surface area contributed by atoms with E-state index in [1.54, 1.807) is 21.5 Å². The summed E-state index contributed by atoms with van der Waals surface area (Å²) in [7, 11) is 0. The van der Waals surface area contributed by atoms with Crippen LogP contribution in [0.15, 0.2) is 72.8 Å². The molecule has 0 aliphatic rings. The van der Waals surface area contributed by atoms with Crippen molar-refractivity contribution in [2.75, 3.05) is 0 Å². The summed E-state index contributed by atoms with van der Waals surface area (Å²) in [6, 6.07) is 22.9. The number of hydrogen-bond donors (Lipinski definition) is 0. The number of aromatic nitrogens is 6. The lowest BCUT2D eigenvalue weighted by Crippen LogP contribution is -2.11. The van der Waals surface area contributed by atoms with Gasteiger partial charge in [-0.05, 0) is 60.2 Å². The zero-order valence-electron chi connectivity index (χ0n) is 18.3. The lowest BCUT2D eigenvalue weighted by atomic mass is 10.1. The number of rotatable bonds is 5. The first kappa shape index (κ1) is 22.6. The van der Waals surface area contributed by atoms with Gasteiger partial charge in [0.2, 0.25) is 5.82 Å². The Morgan fingerprint density at radius 1 is 0.853 bits per heavy atom. The minimum absolute atomic E-state index is 0.0890. The Bertz CT molecular complexity index is 1460. The molecule has 0 bridgehead atoms. The molecular weight excluding hydrogens is 491 g/mol. The van der Waals surface area contributed by atoms with Crippen LogP contribution in [-0.2, 0) is 0 Å². The van der Waals surface area contributed by atoms with Gasteiger partial charge in [-0.2, -0.15) is 5.10 Å². The summed E-state index contributed by atoms with van der Waals surface area (Å²) in [6.45, 7) is 4.05. The van der Waals surface area contributed by atoms with E-state index in [4.69, 9.17) is 39.9 Å². The van der Waals surface area contributed by atoms with E-state index in [1.165, 1.54) is 0 Å². The maximum Gasteiger partial charge on any atom is 0.203 e. The summed E-state index contributed by atoms with van der Waals surface area (Å²) >= 11 is 18.9. The molecule has 5 rings (SSSR count). The van der Waals surface area contributed by atoms with Gasteiger partial charge in [-0.25, -0.2) is 9.36 Å². The summed E-state index contributed by atoms with van der Waals surface area (Å²) in [6.07, 6.45) is 0. The molecule has 3 aromatic carbocycles. The Kier molecular flexibility index (Phi) is 6.13. The summed E-state index contributed by atoms with van der Waals surface area (Å²) in [5, 5.41) is 19.2. The van der Waals surface area contributed by atoms with E-state index in [0.717, 1.165) is 22.4 Å². The van der Waals surface area contributed by atoms with Crippen molar-refractivity contribution in [3.8, 4) is 28.5 Å². The van der Waals surface area contributed by atoms with Gasteiger partial charge in [0.1, 0.15) is 5.69 Å². The number of benzene rings is 3. The predicted molar refractivity (Wildman–Crippen MR) is 136 cm³/mol. The molecule has 2 aromatic heterocycles. The van der Waals surface area contributed by atoms with Gasteiger partial charge in [0.15, 0.2) is 0 Å². The molecule has 0 N–H and O–H groups in total. The summed E-state index contributed by atoms with van der Waals surface area (Å²) < 4.78 is 3.59. The second kappa shape index (κ2) is 9.22. The third-order valence-electron chi connectivity index (χ3n) is 5.73. The molecule has 0 spiro atoms. The lowest BCUT2D eigenvalue weighted by Gasteiger charge is -2.13. The highest BCUT2D eigenvalue weighted by molar-refractivity contribution is 6.35. The molecule has 0 fully saturated rings. The van der Waals surface area contributed by atoms with Crippen LogP contribution in [-0.4, -0.2) is 30.0 Å². The number of halogens is 3. The molecule has 0 saturated heterocycles. The minimum Gasteiger partial charge on any atom is -0.231 e. The van der Waals surface area contributed by atoms with Crippen molar-refractivity contribution < 1.29 is 0 Å². The van der Waals surface area contributed by atoms with E-state index in [9.17, 15) is 0 Å². The maximum absolute atomic E-state index is 6.59. The lowest BCUT2D eigenvalue weighted by molar-refractivity contribution is 0.547. The number of hydrogen-bond acceptors (Lipinski definition) is 4. The van der Waals surface area contributed by atoms with Crippen LogP contribution in [0.5, 0.6) is 0 Å². The van der Waals surface area contributed by atoms with Crippen LogP contribution in [0, 0.1) is 6.92 Å². The van der Waals surface area contributed by atoms with Gasteiger partial charge in [0.25, 0.3) is 0 Å². The van der Waals surface area contributed by atoms with Gasteiger partial charge in [-0.3, -0.25) is 0 Å². The van der Waals surface area contributed by atoms with Crippen LogP contribution < -0.4 is 0 Å². The van der Waals surface area contributed by atoms with Crippen molar-refractivity contribution in [3.05, 3.63) is 99.0 Å². The zero-order chi connectivity index (χ0) is 23.8. The van der Waals surface area contributed by atoms with Crippen LogP contribution in [0.25, 0.3) is 28.5 Å². The minimum atomic E-state index is -0.0890. The zero-order valence-corrected chi connectivity index (χ0v) is 20.6. The van der Waals surface area contributed by atoms with Gasteiger partial charge in [-0.15, -0.1) is 5.10 Å². The molecular formula is C25H19Cl3N6. The van der Waals surface area contributed by atoms with Crippen LogP contribution in [0.1, 0.15) is 24.1 Å². The topological polar surface area (TPSA) is 61.4 Å². The molecule has 0 aliphatic heterocycles. The van der Waals surface area contributed by atoms with Crippen LogP contribution >= 0.6 is 34.8 Å². The molecule has 1 atom stereocenters. The molecule has 2 heterocycles.